The Balaban J connectivity index is 1.69. The van der Waals surface area contributed by atoms with E-state index in [4.69, 9.17) is 4.42 Å². The van der Waals surface area contributed by atoms with Crippen LogP contribution in [0.5, 0.6) is 0 Å². The molecule has 0 bridgehead atoms. The first-order valence-electron chi connectivity index (χ1n) is 7.36. The minimum absolute atomic E-state index is 0.0330. The third kappa shape index (κ3) is 2.33. The van der Waals surface area contributed by atoms with Crippen molar-refractivity contribution in [3.05, 3.63) is 65.9 Å². The summed E-state index contributed by atoms with van der Waals surface area (Å²) in [5, 5.41) is 2.93. The summed E-state index contributed by atoms with van der Waals surface area (Å²) in [4.78, 5) is 14.0. The van der Waals surface area contributed by atoms with Crippen LogP contribution in [0.2, 0.25) is 0 Å². The Labute approximate surface area is 128 Å². The van der Waals surface area contributed by atoms with Crippen molar-refractivity contribution in [1.82, 2.24) is 5.32 Å². The van der Waals surface area contributed by atoms with Crippen LogP contribution in [-0.4, -0.2) is 12.5 Å². The molecule has 2 aliphatic heterocycles. The summed E-state index contributed by atoms with van der Waals surface area (Å²) in [5.41, 5.74) is 3.30. The number of carbonyl (C=O) groups is 1. The fourth-order valence-electron chi connectivity index (χ4n) is 2.90. The molecule has 110 valence electrons. The highest BCUT2D eigenvalue weighted by Gasteiger charge is 2.20. The monoisotopic (exact) mass is 292 g/mol. The molecule has 1 amide bonds. The van der Waals surface area contributed by atoms with Gasteiger partial charge in [0, 0.05) is 17.8 Å². The maximum Gasteiger partial charge on any atom is 0.239 e. The van der Waals surface area contributed by atoms with Gasteiger partial charge in [-0.2, -0.15) is 0 Å². The number of fused-ring (bicyclic) bond motifs is 2. The maximum absolute atomic E-state index is 11.9. The molecule has 1 N–H and O–H groups in total. The fraction of sp³-hybridized carbons (Fsp3) is 0.167. The number of anilines is 1. The smallest absolute Gasteiger partial charge is 0.239 e. The average Bonchev–Trinajstić information content (AvgIpc) is 2.94. The van der Waals surface area contributed by atoms with Gasteiger partial charge in [-0.25, -0.2) is 0 Å². The molecule has 0 radical (unpaired) electrons. The summed E-state index contributed by atoms with van der Waals surface area (Å²) in [5.74, 6) is 1.76. The topological polar surface area (TPSA) is 45.5 Å². The highest BCUT2D eigenvalue weighted by Crippen LogP contribution is 2.27. The third-order valence-electron chi connectivity index (χ3n) is 3.99. The molecule has 1 aromatic rings. The number of nitrogens with one attached hydrogen (secondary N) is 1. The molecular formula is C18H16N2O2. The lowest BCUT2D eigenvalue weighted by molar-refractivity contribution is -0.119. The second kappa shape index (κ2) is 5.22. The molecule has 0 saturated heterocycles. The predicted octanol–water partition coefficient (Wildman–Crippen LogP) is 3.02. The number of rotatable bonds is 2. The van der Waals surface area contributed by atoms with E-state index in [2.05, 4.69) is 22.3 Å². The van der Waals surface area contributed by atoms with Gasteiger partial charge in [0.25, 0.3) is 0 Å². The van der Waals surface area contributed by atoms with E-state index in [0.29, 0.717) is 19.6 Å². The zero-order valence-electron chi connectivity index (χ0n) is 12.1. The lowest BCUT2D eigenvalue weighted by atomic mass is 10.1. The molecular weight excluding hydrogens is 276 g/mol. The van der Waals surface area contributed by atoms with Crippen molar-refractivity contribution < 1.29 is 9.21 Å². The van der Waals surface area contributed by atoms with Gasteiger partial charge in [0.1, 0.15) is 11.5 Å². The zero-order chi connectivity index (χ0) is 14.9. The number of nitrogens with zero attached hydrogens (tertiary/aromatic N) is 1. The summed E-state index contributed by atoms with van der Waals surface area (Å²) in [6.45, 7) is 1.49. The number of hydrogen-bond acceptors (Lipinski definition) is 3. The van der Waals surface area contributed by atoms with Gasteiger partial charge in [0.15, 0.2) is 0 Å². The summed E-state index contributed by atoms with van der Waals surface area (Å²) in [7, 11) is 0. The van der Waals surface area contributed by atoms with Gasteiger partial charge in [-0.15, -0.1) is 0 Å². The van der Waals surface area contributed by atoms with Crippen LogP contribution >= 0.6 is 0 Å². The van der Waals surface area contributed by atoms with Crippen LogP contribution in [0, 0.1) is 0 Å². The van der Waals surface area contributed by atoms with E-state index in [-0.39, 0.29) is 5.91 Å². The van der Waals surface area contributed by atoms with E-state index >= 15 is 0 Å². The minimum atomic E-state index is 0.0330. The lowest BCUT2D eigenvalue weighted by Crippen LogP contribution is -2.33. The molecule has 0 atom stereocenters. The molecule has 1 aromatic carbocycles. The van der Waals surface area contributed by atoms with Crippen LogP contribution < -0.4 is 10.2 Å². The second-order valence-corrected chi connectivity index (χ2v) is 5.51. The van der Waals surface area contributed by atoms with Crippen molar-refractivity contribution in [3.63, 3.8) is 0 Å². The Morgan fingerprint density at radius 3 is 2.91 bits per heavy atom. The van der Waals surface area contributed by atoms with Crippen molar-refractivity contribution in [3.8, 4) is 11.3 Å². The fourth-order valence-corrected chi connectivity index (χ4v) is 2.90. The van der Waals surface area contributed by atoms with Crippen LogP contribution in [0.15, 0.2) is 59.0 Å². The molecule has 1 aliphatic carbocycles. The summed E-state index contributed by atoms with van der Waals surface area (Å²) in [6.07, 6.45) is 0. The quantitative estimate of drug-likeness (QED) is 0.789. The van der Waals surface area contributed by atoms with Gasteiger partial charge >= 0.3 is 0 Å². The average molecular weight is 292 g/mol. The number of benzene rings is 1. The molecule has 0 aromatic heterocycles. The van der Waals surface area contributed by atoms with Crippen LogP contribution in [0.4, 0.5) is 5.69 Å². The SMILES string of the molecule is O=C1CN(Cc2ccc3cccc-3o2)c2ccccc2CN1. The van der Waals surface area contributed by atoms with Gasteiger partial charge < -0.3 is 14.6 Å². The Kier molecular flexibility index (Phi) is 3.07. The lowest BCUT2D eigenvalue weighted by Gasteiger charge is -2.23. The van der Waals surface area contributed by atoms with E-state index in [0.717, 1.165) is 28.3 Å². The Hall–Kier alpha value is -2.75. The van der Waals surface area contributed by atoms with E-state index in [1.54, 1.807) is 0 Å². The molecule has 2 heterocycles. The molecule has 4 rings (SSSR count). The standard InChI is InChI=1S/C18H16N2O2/c21-18-12-20(16-6-2-1-4-14(16)10-19-18)11-15-9-8-13-5-3-7-17(13)22-15/h1-9H,10-12H2,(H,19,21). The number of hydrogen-bond donors (Lipinski definition) is 1. The molecule has 4 heteroatoms. The molecule has 22 heavy (non-hydrogen) atoms. The Morgan fingerprint density at radius 2 is 1.95 bits per heavy atom. The Morgan fingerprint density at radius 1 is 1.05 bits per heavy atom. The van der Waals surface area contributed by atoms with Gasteiger partial charge in [0.05, 0.1) is 13.1 Å². The van der Waals surface area contributed by atoms with Crippen LogP contribution in [-0.2, 0) is 17.9 Å². The van der Waals surface area contributed by atoms with Gasteiger partial charge in [-0.3, -0.25) is 4.79 Å². The highest BCUT2D eigenvalue weighted by molar-refractivity contribution is 5.83. The minimum Gasteiger partial charge on any atom is -0.459 e. The number of amides is 1. The van der Waals surface area contributed by atoms with Crippen molar-refractivity contribution in [2.24, 2.45) is 0 Å². The van der Waals surface area contributed by atoms with E-state index in [9.17, 15) is 4.79 Å². The molecule has 0 saturated carbocycles. The van der Waals surface area contributed by atoms with E-state index in [1.165, 1.54) is 0 Å². The molecule has 0 spiro atoms. The Bertz CT molecular complexity index is 793. The first-order valence-corrected chi connectivity index (χ1v) is 7.36. The van der Waals surface area contributed by atoms with Crippen LogP contribution in [0.3, 0.4) is 0 Å². The van der Waals surface area contributed by atoms with Crippen molar-refractivity contribution in [2.75, 3.05) is 11.4 Å². The first kappa shape index (κ1) is 13.0. The molecule has 0 unspecified atom stereocenters. The summed E-state index contributed by atoms with van der Waals surface area (Å²) >= 11 is 0. The van der Waals surface area contributed by atoms with Crippen molar-refractivity contribution >= 4 is 11.6 Å². The molecule has 0 fully saturated rings. The largest absolute Gasteiger partial charge is 0.459 e. The maximum atomic E-state index is 11.9. The number of carbonyl (C=O) groups excluding carboxylic acids is 1. The molecule has 4 nitrogen and oxygen atoms in total. The highest BCUT2D eigenvalue weighted by atomic mass is 16.3. The van der Waals surface area contributed by atoms with Gasteiger partial charge in [-0.1, -0.05) is 30.3 Å². The van der Waals surface area contributed by atoms with Crippen LogP contribution in [0.1, 0.15) is 11.3 Å². The van der Waals surface area contributed by atoms with Crippen LogP contribution in [0.25, 0.3) is 11.3 Å². The van der Waals surface area contributed by atoms with Gasteiger partial charge in [0.2, 0.25) is 5.91 Å². The van der Waals surface area contributed by atoms with Gasteiger partial charge in [-0.05, 0) is 29.8 Å². The zero-order valence-corrected chi connectivity index (χ0v) is 12.1. The summed E-state index contributed by atoms with van der Waals surface area (Å²) < 4.78 is 5.92. The van der Waals surface area contributed by atoms with Crippen molar-refractivity contribution in [1.29, 1.82) is 0 Å². The van der Waals surface area contributed by atoms with E-state index in [1.807, 2.05) is 42.5 Å². The second-order valence-electron chi connectivity index (χ2n) is 5.51. The first-order chi connectivity index (χ1) is 10.8. The molecule has 3 aliphatic rings. The third-order valence-corrected chi connectivity index (χ3v) is 3.99. The van der Waals surface area contributed by atoms with E-state index < -0.39 is 0 Å². The normalized spacial score (nSPS) is 14.5. The predicted molar refractivity (Wildman–Crippen MR) is 84.7 cm³/mol. The van der Waals surface area contributed by atoms with Crippen molar-refractivity contribution in [2.45, 2.75) is 13.1 Å². The summed E-state index contributed by atoms with van der Waals surface area (Å²) in [6, 6.07) is 18.1. The number of para-hydroxylation sites is 1.